The summed E-state index contributed by atoms with van der Waals surface area (Å²) in [4.78, 5) is 18.6. The van der Waals surface area contributed by atoms with Gasteiger partial charge in [-0.2, -0.15) is 0 Å². The van der Waals surface area contributed by atoms with Crippen LogP contribution in [0.4, 0.5) is 0 Å². The number of fused-ring (bicyclic) bond motifs is 3. The van der Waals surface area contributed by atoms with E-state index < -0.39 is 0 Å². The Kier molecular flexibility index (Phi) is 6.02. The lowest BCUT2D eigenvalue weighted by atomic mass is 10.1. The molecule has 2 aromatic heterocycles. The SMILES string of the molecule is CCOc1cc(/C=c2/sc3nc4c(C)cc(C)cc4n3c2=O)ccc1OCc1ccc(Cl)cc1. The lowest BCUT2D eigenvalue weighted by molar-refractivity contribution is 0.269. The average molecular weight is 491 g/mol. The number of aromatic nitrogens is 2. The number of hydrogen-bond donors (Lipinski definition) is 0. The molecule has 5 aromatic rings. The smallest absolute Gasteiger partial charge is 0.274 e. The van der Waals surface area contributed by atoms with Gasteiger partial charge in [-0.05, 0) is 79.4 Å². The summed E-state index contributed by atoms with van der Waals surface area (Å²) in [5.41, 5.74) is 5.73. The minimum Gasteiger partial charge on any atom is -0.490 e. The van der Waals surface area contributed by atoms with Gasteiger partial charge >= 0.3 is 0 Å². The molecule has 0 fully saturated rings. The lowest BCUT2D eigenvalue weighted by Gasteiger charge is -2.12. The predicted octanol–water partition coefficient (Wildman–Crippen LogP) is 5.70. The van der Waals surface area contributed by atoms with Crippen LogP contribution in [0.2, 0.25) is 5.02 Å². The zero-order valence-electron chi connectivity index (χ0n) is 19.1. The molecule has 0 aliphatic carbocycles. The summed E-state index contributed by atoms with van der Waals surface area (Å²) in [6, 6.07) is 17.3. The van der Waals surface area contributed by atoms with Gasteiger partial charge in [0.2, 0.25) is 0 Å². The largest absolute Gasteiger partial charge is 0.490 e. The van der Waals surface area contributed by atoms with Gasteiger partial charge in [-0.1, -0.05) is 47.2 Å². The molecule has 2 heterocycles. The predicted molar refractivity (Wildman–Crippen MR) is 138 cm³/mol. The molecule has 0 aliphatic rings. The Hall–Kier alpha value is -3.35. The van der Waals surface area contributed by atoms with Gasteiger partial charge in [0.05, 0.1) is 22.2 Å². The van der Waals surface area contributed by atoms with E-state index in [2.05, 4.69) is 6.07 Å². The van der Waals surface area contributed by atoms with E-state index in [0.717, 1.165) is 33.3 Å². The van der Waals surface area contributed by atoms with Crippen LogP contribution in [-0.2, 0) is 6.61 Å². The first kappa shape index (κ1) is 22.4. The molecule has 0 saturated carbocycles. The van der Waals surface area contributed by atoms with Gasteiger partial charge in [-0.25, -0.2) is 9.38 Å². The molecule has 0 spiro atoms. The normalized spacial score (nSPS) is 12.1. The summed E-state index contributed by atoms with van der Waals surface area (Å²) in [6.45, 7) is 6.89. The second-order valence-corrected chi connectivity index (χ2v) is 9.60. The monoisotopic (exact) mass is 490 g/mol. The Morgan fingerprint density at radius 2 is 1.82 bits per heavy atom. The van der Waals surface area contributed by atoms with Crippen molar-refractivity contribution < 1.29 is 9.47 Å². The average Bonchev–Trinajstić information content (AvgIpc) is 3.31. The van der Waals surface area contributed by atoms with Crippen molar-refractivity contribution in [2.75, 3.05) is 6.61 Å². The summed E-state index contributed by atoms with van der Waals surface area (Å²) >= 11 is 7.35. The first-order chi connectivity index (χ1) is 16.4. The quantitative estimate of drug-likeness (QED) is 0.306. The van der Waals surface area contributed by atoms with Crippen molar-refractivity contribution in [3.05, 3.63) is 96.8 Å². The molecule has 0 bridgehead atoms. The number of thiazole rings is 1. The van der Waals surface area contributed by atoms with Crippen LogP contribution >= 0.6 is 22.9 Å². The van der Waals surface area contributed by atoms with Crippen LogP contribution in [0.25, 0.3) is 22.1 Å². The molecule has 0 unspecified atom stereocenters. The molecule has 0 atom stereocenters. The zero-order valence-corrected chi connectivity index (χ0v) is 20.7. The van der Waals surface area contributed by atoms with Crippen LogP contribution < -0.4 is 19.6 Å². The molecule has 7 heteroatoms. The fraction of sp³-hybridized carbons (Fsp3) is 0.185. The highest BCUT2D eigenvalue weighted by molar-refractivity contribution is 7.15. The minimum atomic E-state index is -0.0616. The van der Waals surface area contributed by atoms with E-state index in [1.54, 1.807) is 4.40 Å². The molecule has 172 valence electrons. The van der Waals surface area contributed by atoms with Crippen molar-refractivity contribution in [1.29, 1.82) is 0 Å². The number of nitrogens with zero attached hydrogens (tertiary/aromatic N) is 2. The molecule has 5 rings (SSSR count). The summed E-state index contributed by atoms with van der Waals surface area (Å²) < 4.78 is 14.2. The van der Waals surface area contributed by atoms with Crippen molar-refractivity contribution in [2.24, 2.45) is 0 Å². The summed E-state index contributed by atoms with van der Waals surface area (Å²) in [5.74, 6) is 1.28. The van der Waals surface area contributed by atoms with E-state index in [1.165, 1.54) is 11.3 Å². The molecule has 3 aromatic carbocycles. The number of ether oxygens (including phenoxy) is 2. The van der Waals surface area contributed by atoms with Crippen molar-refractivity contribution in [1.82, 2.24) is 9.38 Å². The number of imidazole rings is 1. The Bertz CT molecular complexity index is 1620. The van der Waals surface area contributed by atoms with Crippen LogP contribution in [0.3, 0.4) is 0 Å². The molecule has 5 nitrogen and oxygen atoms in total. The van der Waals surface area contributed by atoms with Gasteiger partial charge in [0.25, 0.3) is 5.56 Å². The van der Waals surface area contributed by atoms with Crippen LogP contribution in [0.1, 0.15) is 29.2 Å². The highest BCUT2D eigenvalue weighted by atomic mass is 35.5. The third kappa shape index (κ3) is 4.27. The van der Waals surface area contributed by atoms with E-state index in [1.807, 2.05) is 75.4 Å². The highest BCUT2D eigenvalue weighted by Crippen LogP contribution is 2.30. The van der Waals surface area contributed by atoms with Crippen LogP contribution in [0, 0.1) is 13.8 Å². The Balaban J connectivity index is 1.50. The fourth-order valence-electron chi connectivity index (χ4n) is 4.01. The third-order valence-electron chi connectivity index (χ3n) is 5.55. The number of rotatable bonds is 6. The second-order valence-electron chi connectivity index (χ2n) is 8.15. The number of hydrogen-bond acceptors (Lipinski definition) is 5. The van der Waals surface area contributed by atoms with Gasteiger partial charge in [0, 0.05) is 5.02 Å². The summed E-state index contributed by atoms with van der Waals surface area (Å²) in [5, 5.41) is 0.690. The second kappa shape index (κ2) is 9.12. The molecular weight excluding hydrogens is 468 g/mol. The van der Waals surface area contributed by atoms with Gasteiger partial charge in [-0.15, -0.1) is 0 Å². The fourth-order valence-corrected chi connectivity index (χ4v) is 5.11. The number of halogens is 1. The number of benzene rings is 3. The van der Waals surface area contributed by atoms with Crippen LogP contribution in [-0.4, -0.2) is 16.0 Å². The molecule has 34 heavy (non-hydrogen) atoms. The highest BCUT2D eigenvalue weighted by Gasteiger charge is 2.14. The number of aryl methyl sites for hydroxylation is 2. The van der Waals surface area contributed by atoms with E-state index >= 15 is 0 Å². The van der Waals surface area contributed by atoms with Crippen molar-refractivity contribution in [2.45, 2.75) is 27.4 Å². The minimum absolute atomic E-state index is 0.0616. The van der Waals surface area contributed by atoms with Crippen molar-refractivity contribution >= 4 is 45.0 Å². The van der Waals surface area contributed by atoms with E-state index in [0.29, 0.717) is 39.2 Å². The molecule has 0 radical (unpaired) electrons. The molecule has 0 aliphatic heterocycles. The van der Waals surface area contributed by atoms with Crippen molar-refractivity contribution in [3.63, 3.8) is 0 Å². The molecule has 0 amide bonds. The lowest BCUT2D eigenvalue weighted by Crippen LogP contribution is -2.22. The molecule has 0 saturated heterocycles. The van der Waals surface area contributed by atoms with E-state index in [-0.39, 0.29) is 5.56 Å². The van der Waals surface area contributed by atoms with Crippen LogP contribution in [0.5, 0.6) is 11.5 Å². The first-order valence-corrected chi connectivity index (χ1v) is 12.2. The summed E-state index contributed by atoms with van der Waals surface area (Å²) in [7, 11) is 0. The molecular formula is C27H23ClN2O3S. The maximum atomic E-state index is 13.2. The van der Waals surface area contributed by atoms with Crippen molar-refractivity contribution in [3.8, 4) is 11.5 Å². The zero-order chi connectivity index (χ0) is 23.8. The third-order valence-corrected chi connectivity index (χ3v) is 6.77. The summed E-state index contributed by atoms with van der Waals surface area (Å²) in [6.07, 6.45) is 1.88. The van der Waals surface area contributed by atoms with Gasteiger partial charge in [-0.3, -0.25) is 4.79 Å². The Morgan fingerprint density at radius 3 is 2.59 bits per heavy atom. The Morgan fingerprint density at radius 1 is 1.03 bits per heavy atom. The van der Waals surface area contributed by atoms with Gasteiger partial charge in [0.15, 0.2) is 16.5 Å². The Labute approximate surface area is 205 Å². The van der Waals surface area contributed by atoms with E-state index in [9.17, 15) is 4.79 Å². The van der Waals surface area contributed by atoms with Gasteiger partial charge in [0.1, 0.15) is 6.61 Å². The maximum Gasteiger partial charge on any atom is 0.274 e. The standard InChI is InChI=1S/C27H23ClN2O3S/c1-4-32-23-13-19(7-10-22(23)33-15-18-5-8-20(28)9-6-18)14-24-26(31)30-21-12-16(2)11-17(3)25(21)29-27(30)34-24/h5-14H,4,15H2,1-3H3/b24-14+. The van der Waals surface area contributed by atoms with Gasteiger partial charge < -0.3 is 9.47 Å². The topological polar surface area (TPSA) is 52.8 Å². The first-order valence-electron chi connectivity index (χ1n) is 11.0. The van der Waals surface area contributed by atoms with E-state index in [4.69, 9.17) is 26.1 Å². The maximum absolute atomic E-state index is 13.2. The van der Waals surface area contributed by atoms with Crippen LogP contribution in [0.15, 0.2) is 59.4 Å². The molecule has 0 N–H and O–H groups in total.